The Morgan fingerprint density at radius 2 is 2.35 bits per heavy atom. The summed E-state index contributed by atoms with van der Waals surface area (Å²) in [6, 6.07) is 5.94. The maximum Gasteiger partial charge on any atom is 0.222 e. The van der Waals surface area contributed by atoms with Crippen molar-refractivity contribution in [2.45, 2.75) is 19.3 Å². The summed E-state index contributed by atoms with van der Waals surface area (Å²) in [6.07, 6.45) is 2.34. The Hall–Kier alpha value is -1.07. The van der Waals surface area contributed by atoms with Gasteiger partial charge < -0.3 is 15.4 Å². The van der Waals surface area contributed by atoms with E-state index in [9.17, 15) is 4.79 Å². The number of nitrogens with two attached hydrogens (primary N) is 1. The molecule has 1 atom stereocenters. The van der Waals surface area contributed by atoms with Crippen molar-refractivity contribution in [3.05, 3.63) is 28.2 Å². The highest BCUT2D eigenvalue weighted by atomic mass is 79.9. The second kappa shape index (κ2) is 7.09. The van der Waals surface area contributed by atoms with Gasteiger partial charge in [-0.15, -0.1) is 0 Å². The van der Waals surface area contributed by atoms with Gasteiger partial charge in [0.15, 0.2) is 0 Å². The van der Waals surface area contributed by atoms with E-state index in [2.05, 4.69) is 15.9 Å². The predicted molar refractivity (Wildman–Crippen MR) is 82.8 cm³/mol. The Morgan fingerprint density at radius 3 is 2.95 bits per heavy atom. The van der Waals surface area contributed by atoms with Gasteiger partial charge in [-0.3, -0.25) is 4.79 Å². The number of hydrogen-bond acceptors (Lipinski definition) is 3. The van der Waals surface area contributed by atoms with Gasteiger partial charge in [0.05, 0.1) is 11.6 Å². The van der Waals surface area contributed by atoms with Crippen LogP contribution in [0.1, 0.15) is 18.4 Å². The van der Waals surface area contributed by atoms with Crippen molar-refractivity contribution in [3.8, 4) is 5.75 Å². The fraction of sp³-hybridized carbons (Fsp3) is 0.533. The lowest BCUT2D eigenvalue weighted by Gasteiger charge is -2.16. The average molecular weight is 341 g/mol. The average Bonchev–Trinajstić information content (AvgIpc) is 2.94. The first-order chi connectivity index (χ1) is 9.63. The minimum Gasteiger partial charge on any atom is -0.496 e. The third-order valence-corrected chi connectivity index (χ3v) is 4.44. The Morgan fingerprint density at radius 1 is 1.55 bits per heavy atom. The van der Waals surface area contributed by atoms with Gasteiger partial charge in [0.25, 0.3) is 0 Å². The van der Waals surface area contributed by atoms with Crippen LogP contribution < -0.4 is 10.5 Å². The van der Waals surface area contributed by atoms with Gasteiger partial charge in [-0.25, -0.2) is 0 Å². The Balaban J connectivity index is 1.86. The van der Waals surface area contributed by atoms with Crippen LogP contribution in [0, 0.1) is 5.92 Å². The first kappa shape index (κ1) is 15.3. The number of carbonyl (C=O) groups is 1. The number of rotatable bonds is 5. The van der Waals surface area contributed by atoms with Crippen molar-refractivity contribution in [2.24, 2.45) is 11.7 Å². The van der Waals surface area contributed by atoms with E-state index in [4.69, 9.17) is 10.5 Å². The smallest absolute Gasteiger partial charge is 0.222 e. The monoisotopic (exact) mass is 340 g/mol. The minimum absolute atomic E-state index is 0.230. The molecule has 1 saturated heterocycles. The van der Waals surface area contributed by atoms with Crippen molar-refractivity contribution in [1.29, 1.82) is 0 Å². The molecule has 0 radical (unpaired) electrons. The second-order valence-corrected chi connectivity index (χ2v) is 6.05. The van der Waals surface area contributed by atoms with Crippen molar-refractivity contribution < 1.29 is 9.53 Å². The lowest BCUT2D eigenvalue weighted by molar-refractivity contribution is -0.130. The third kappa shape index (κ3) is 3.73. The van der Waals surface area contributed by atoms with E-state index in [1.165, 1.54) is 0 Å². The van der Waals surface area contributed by atoms with Crippen molar-refractivity contribution in [1.82, 2.24) is 4.90 Å². The van der Waals surface area contributed by atoms with Gasteiger partial charge in [-0.2, -0.15) is 0 Å². The van der Waals surface area contributed by atoms with Crippen LogP contribution in [0.15, 0.2) is 22.7 Å². The lowest BCUT2D eigenvalue weighted by Crippen LogP contribution is -2.30. The molecule has 1 heterocycles. The quantitative estimate of drug-likeness (QED) is 0.893. The summed E-state index contributed by atoms with van der Waals surface area (Å²) in [6.45, 7) is 2.35. The molecule has 0 aromatic heterocycles. The SMILES string of the molecule is COc1ccc(CCC(=O)N2CC[C@H](CN)C2)cc1Br. The molecule has 0 unspecified atom stereocenters. The summed E-state index contributed by atoms with van der Waals surface area (Å²) in [4.78, 5) is 14.1. The molecule has 0 spiro atoms. The van der Waals surface area contributed by atoms with E-state index in [1.807, 2.05) is 23.1 Å². The summed E-state index contributed by atoms with van der Waals surface area (Å²) >= 11 is 3.46. The zero-order valence-electron chi connectivity index (χ0n) is 11.8. The Bertz CT molecular complexity index is 479. The molecule has 4 nitrogen and oxygen atoms in total. The fourth-order valence-electron chi connectivity index (χ4n) is 2.53. The van der Waals surface area contributed by atoms with Crippen molar-refractivity contribution in [3.63, 3.8) is 0 Å². The summed E-state index contributed by atoms with van der Waals surface area (Å²) in [5.41, 5.74) is 6.79. The summed E-state index contributed by atoms with van der Waals surface area (Å²) in [5, 5.41) is 0. The molecule has 1 amide bonds. The van der Waals surface area contributed by atoms with Gasteiger partial charge in [0, 0.05) is 19.5 Å². The van der Waals surface area contributed by atoms with Crippen LogP contribution in [0.25, 0.3) is 0 Å². The number of carbonyl (C=O) groups excluding carboxylic acids is 1. The molecule has 5 heteroatoms. The fourth-order valence-corrected chi connectivity index (χ4v) is 3.11. The van der Waals surface area contributed by atoms with Crippen LogP contribution in [0.3, 0.4) is 0 Å². The predicted octanol–water partition coefficient (Wildman–Crippen LogP) is 2.20. The molecule has 110 valence electrons. The van der Waals surface area contributed by atoms with E-state index in [1.54, 1.807) is 7.11 Å². The highest BCUT2D eigenvalue weighted by molar-refractivity contribution is 9.10. The van der Waals surface area contributed by atoms with E-state index in [-0.39, 0.29) is 5.91 Å². The minimum atomic E-state index is 0.230. The Kier molecular flexibility index (Phi) is 5.43. The molecule has 2 rings (SSSR count). The van der Waals surface area contributed by atoms with E-state index >= 15 is 0 Å². The maximum atomic E-state index is 12.1. The summed E-state index contributed by atoms with van der Waals surface area (Å²) in [5.74, 6) is 1.52. The number of benzene rings is 1. The number of nitrogens with zero attached hydrogens (tertiary/aromatic N) is 1. The van der Waals surface area contributed by atoms with E-state index in [0.717, 1.165) is 41.7 Å². The number of halogens is 1. The maximum absolute atomic E-state index is 12.1. The summed E-state index contributed by atoms with van der Waals surface area (Å²) in [7, 11) is 1.64. The molecule has 0 bridgehead atoms. The number of ether oxygens (including phenoxy) is 1. The zero-order valence-corrected chi connectivity index (χ0v) is 13.4. The highest BCUT2D eigenvalue weighted by Gasteiger charge is 2.24. The molecule has 2 N–H and O–H groups in total. The second-order valence-electron chi connectivity index (χ2n) is 5.20. The normalized spacial score (nSPS) is 18.4. The summed E-state index contributed by atoms with van der Waals surface area (Å²) < 4.78 is 6.12. The molecular formula is C15H21BrN2O2. The van der Waals surface area contributed by atoms with Gasteiger partial charge in [0.2, 0.25) is 5.91 Å². The van der Waals surface area contributed by atoms with E-state index < -0.39 is 0 Å². The lowest BCUT2D eigenvalue weighted by atomic mass is 10.1. The molecule has 1 aliphatic heterocycles. The number of amides is 1. The molecule has 20 heavy (non-hydrogen) atoms. The van der Waals surface area contributed by atoms with Crippen LogP contribution in [0.5, 0.6) is 5.75 Å². The first-order valence-corrected chi connectivity index (χ1v) is 7.73. The number of methoxy groups -OCH3 is 1. The first-order valence-electron chi connectivity index (χ1n) is 6.94. The van der Waals surface area contributed by atoms with Crippen LogP contribution in [0.2, 0.25) is 0 Å². The van der Waals surface area contributed by atoms with Crippen molar-refractivity contribution >= 4 is 21.8 Å². The third-order valence-electron chi connectivity index (χ3n) is 3.82. The number of hydrogen-bond donors (Lipinski definition) is 1. The molecule has 1 aliphatic rings. The van der Waals surface area contributed by atoms with Gasteiger partial charge >= 0.3 is 0 Å². The molecule has 1 aromatic rings. The van der Waals surface area contributed by atoms with Gasteiger partial charge in [-0.1, -0.05) is 6.07 Å². The van der Waals surface area contributed by atoms with Crippen LogP contribution in [-0.2, 0) is 11.2 Å². The molecular weight excluding hydrogens is 320 g/mol. The van der Waals surface area contributed by atoms with Crippen LogP contribution in [-0.4, -0.2) is 37.6 Å². The molecule has 1 fully saturated rings. The van der Waals surface area contributed by atoms with Gasteiger partial charge in [-0.05, 0) is 58.9 Å². The van der Waals surface area contributed by atoms with E-state index in [0.29, 0.717) is 18.9 Å². The number of aryl methyl sites for hydroxylation is 1. The zero-order chi connectivity index (χ0) is 14.5. The van der Waals surface area contributed by atoms with Crippen LogP contribution in [0.4, 0.5) is 0 Å². The number of likely N-dealkylation sites (tertiary alicyclic amines) is 1. The molecule has 0 aliphatic carbocycles. The standard InChI is InChI=1S/C15H21BrN2O2/c1-20-14-4-2-11(8-13(14)16)3-5-15(19)18-7-6-12(9-17)10-18/h2,4,8,12H,3,5-7,9-10,17H2,1H3/t12-/m1/s1. The largest absolute Gasteiger partial charge is 0.496 e. The molecule has 1 aromatic carbocycles. The van der Waals surface area contributed by atoms with Crippen molar-refractivity contribution in [2.75, 3.05) is 26.7 Å². The molecule has 0 saturated carbocycles. The highest BCUT2D eigenvalue weighted by Crippen LogP contribution is 2.26. The van der Waals surface area contributed by atoms with Gasteiger partial charge in [0.1, 0.15) is 5.75 Å². The topological polar surface area (TPSA) is 55.6 Å². The Labute approximate surface area is 128 Å². The van der Waals surface area contributed by atoms with Crippen LogP contribution >= 0.6 is 15.9 Å².